The number of nitrogens with one attached hydrogen (secondary N) is 2. The standard InChI is InChI=1S/C24H26N6O5S.C13H10O3.C7H7N.Na.H/c1-24(2)18(23(34)35)30-21(33)17(22(30)36-24)29-20(32)16(13-6-4-3-5-7-13)28-15(31)12-27-19(25)14-8-10-26-11-9-14;14-12-9-5-4-8-11(12)13(15)16-10-6-2-1-3-7-10;1-2-4-6-8-7-5-3-1;;/h3-11,16-18,22H,12H2,1-2H3,(H2,25,27)(H,28,31)(H,29,32)(H,34,35);1-9,14H;1-7H;;/q;;;+1;-1/t16?,17-,18+,22-;;;;/m1..../s1. The van der Waals surface area contributed by atoms with Crippen LogP contribution in [0.5, 0.6) is 11.5 Å². The molecule has 7 rings (SSSR count). The predicted molar refractivity (Wildman–Crippen MR) is 229 cm³/mol. The molecular formula is C44H44N7NaO8S. The van der Waals surface area contributed by atoms with Crippen LogP contribution in [0.15, 0.2) is 156 Å². The van der Waals surface area contributed by atoms with Crippen molar-refractivity contribution >= 4 is 53.5 Å². The van der Waals surface area contributed by atoms with E-state index in [9.17, 15) is 34.2 Å². The maximum atomic E-state index is 13.3. The third-order valence-corrected chi connectivity index (χ3v) is 10.5. The fraction of sp³-hybridized carbons (Fsp3) is 0.182. The molecule has 3 amide bonds. The molecule has 4 aromatic rings. The number of esters is 1. The number of carbonyl (C=O) groups excluding carboxylic acids is 4. The van der Waals surface area contributed by atoms with Crippen molar-refractivity contribution in [3.63, 3.8) is 0 Å². The van der Waals surface area contributed by atoms with E-state index in [1.165, 1.54) is 28.8 Å². The molecular weight excluding hydrogens is 810 g/mol. The number of nitrogens with zero attached hydrogens (tertiary/aromatic N) is 4. The number of nitrogens with two attached hydrogens (primary N) is 1. The molecule has 4 heterocycles. The minimum Gasteiger partial charge on any atom is -1.00 e. The normalized spacial score (nSPS) is 18.4. The van der Waals surface area contributed by atoms with Gasteiger partial charge in [0.25, 0.3) is 0 Å². The number of carboxylic acid groups (broad SMARTS) is 1. The second kappa shape index (κ2) is 22.9. The van der Waals surface area contributed by atoms with Crippen LogP contribution in [-0.4, -0.2) is 90.6 Å². The van der Waals surface area contributed by atoms with Crippen LogP contribution in [0, 0.1) is 0 Å². The molecule has 17 heteroatoms. The summed E-state index contributed by atoms with van der Waals surface area (Å²) in [6.07, 6.45) is 16.2. The second-order valence-corrected chi connectivity index (χ2v) is 15.3. The number of aliphatic imine (C=N–C) groups is 2. The molecule has 0 radical (unpaired) electrons. The number of phenolic OH excluding ortho intramolecular Hbond substituents is 1. The number of hydrogen-bond donors (Lipinski definition) is 5. The summed E-state index contributed by atoms with van der Waals surface area (Å²) < 4.78 is 4.37. The maximum Gasteiger partial charge on any atom is 1.00 e. The Hall–Kier alpha value is -6.33. The van der Waals surface area contributed by atoms with E-state index in [1.54, 1.807) is 118 Å². The number of aromatic nitrogens is 1. The number of carboxylic acids is 1. The first-order valence-corrected chi connectivity index (χ1v) is 19.4. The number of rotatable bonds is 10. The van der Waals surface area contributed by atoms with Gasteiger partial charge in [0.1, 0.15) is 52.9 Å². The number of aliphatic carboxylic acids is 1. The van der Waals surface area contributed by atoms with E-state index in [0.717, 1.165) is 0 Å². The number of phenols is 1. The topological polar surface area (TPSA) is 226 Å². The average Bonchev–Trinajstić information content (AvgIpc) is 3.49. The number of allylic oxidation sites excluding steroid dienone is 5. The number of aromatic hydroxyl groups is 1. The third kappa shape index (κ3) is 13.1. The van der Waals surface area contributed by atoms with Crippen LogP contribution in [0.25, 0.3) is 0 Å². The fourth-order valence-corrected chi connectivity index (χ4v) is 7.67. The molecule has 15 nitrogen and oxygen atoms in total. The van der Waals surface area contributed by atoms with E-state index in [4.69, 9.17) is 10.5 Å². The van der Waals surface area contributed by atoms with Crippen LogP contribution in [0.2, 0.25) is 0 Å². The van der Waals surface area contributed by atoms with Gasteiger partial charge in [-0.25, -0.2) is 9.59 Å². The van der Waals surface area contributed by atoms with Crippen LogP contribution in [0.3, 0.4) is 0 Å². The van der Waals surface area contributed by atoms with Crippen LogP contribution in [0.1, 0.15) is 42.8 Å². The van der Waals surface area contributed by atoms with Crippen molar-refractivity contribution in [2.75, 3.05) is 6.54 Å². The molecule has 61 heavy (non-hydrogen) atoms. The van der Waals surface area contributed by atoms with Crippen LogP contribution in [-0.2, 0) is 19.2 Å². The molecule has 0 bridgehead atoms. The maximum absolute atomic E-state index is 13.3. The Morgan fingerprint density at radius 3 is 2.21 bits per heavy atom. The van der Waals surface area contributed by atoms with Gasteiger partial charge in [-0.15, -0.1) is 11.8 Å². The summed E-state index contributed by atoms with van der Waals surface area (Å²) in [5.41, 5.74) is 7.22. The Kier molecular flexibility index (Phi) is 17.8. The molecule has 1 unspecified atom stereocenters. The number of fused-ring (bicyclic) bond motifs is 1. The number of pyridine rings is 1. The fourth-order valence-electron chi connectivity index (χ4n) is 6.04. The number of hydrogen-bond acceptors (Lipinski definition) is 11. The molecule has 2 fully saturated rings. The molecule has 0 saturated carbocycles. The number of carbonyl (C=O) groups is 5. The molecule has 310 valence electrons. The zero-order valence-electron chi connectivity index (χ0n) is 34.6. The summed E-state index contributed by atoms with van der Waals surface area (Å²) in [6.45, 7) is 3.20. The van der Waals surface area contributed by atoms with Crippen molar-refractivity contribution in [3.05, 3.63) is 163 Å². The van der Waals surface area contributed by atoms with Crippen LogP contribution < -0.4 is 50.7 Å². The predicted octanol–water partition coefficient (Wildman–Crippen LogP) is 1.70. The van der Waals surface area contributed by atoms with Crippen molar-refractivity contribution in [1.29, 1.82) is 0 Å². The third-order valence-electron chi connectivity index (χ3n) is 8.91. The summed E-state index contributed by atoms with van der Waals surface area (Å²) in [5.74, 6) is -2.72. The van der Waals surface area contributed by atoms with E-state index >= 15 is 0 Å². The molecule has 4 atom stereocenters. The first-order valence-electron chi connectivity index (χ1n) is 18.5. The molecule has 6 N–H and O–H groups in total. The SMILES string of the molecule is C1=CC=CN=CC=C1.CC1(C)S[C@@H]2[C@H](NC(=O)C(NC(=O)CN=C(N)c3ccncc3)c3ccccc3)C(=O)N2[C@H]1C(=O)O.O=C(Oc1ccccc1)c1ccccc1O.[H-].[Na+]. The monoisotopic (exact) mass is 853 g/mol. The summed E-state index contributed by atoms with van der Waals surface area (Å²) in [7, 11) is 0. The van der Waals surface area contributed by atoms with E-state index in [0.29, 0.717) is 16.9 Å². The van der Waals surface area contributed by atoms with Gasteiger partial charge in [-0.3, -0.25) is 29.4 Å². The molecule has 1 aromatic heterocycles. The summed E-state index contributed by atoms with van der Waals surface area (Å²) in [5, 5.41) is 23.9. The second-order valence-electron chi connectivity index (χ2n) is 13.6. The molecule has 3 aliphatic rings. The zero-order chi connectivity index (χ0) is 43.1. The van der Waals surface area contributed by atoms with Crippen LogP contribution >= 0.6 is 11.8 Å². The summed E-state index contributed by atoms with van der Waals surface area (Å²) in [4.78, 5) is 75.3. The Morgan fingerprint density at radius 1 is 0.918 bits per heavy atom. The van der Waals surface area contributed by atoms with Gasteiger partial charge in [0.15, 0.2) is 0 Å². The van der Waals surface area contributed by atoms with Gasteiger partial charge in [-0.05, 0) is 68.0 Å². The van der Waals surface area contributed by atoms with Gasteiger partial charge in [0, 0.05) is 35.1 Å². The molecule has 3 aromatic carbocycles. The Labute approximate surface area is 380 Å². The van der Waals surface area contributed by atoms with Crippen molar-refractivity contribution < 1.29 is 69.9 Å². The molecule has 3 aliphatic heterocycles. The van der Waals surface area contributed by atoms with E-state index in [2.05, 4.69) is 25.6 Å². The minimum absolute atomic E-state index is 0. The van der Waals surface area contributed by atoms with E-state index < -0.39 is 57.9 Å². The van der Waals surface area contributed by atoms with E-state index in [1.807, 2.05) is 36.4 Å². The van der Waals surface area contributed by atoms with Gasteiger partial charge in [-0.2, -0.15) is 0 Å². The largest absolute Gasteiger partial charge is 1.00 e. The Bertz CT molecular complexity index is 2260. The number of amides is 3. The van der Waals surface area contributed by atoms with Crippen LogP contribution in [0.4, 0.5) is 0 Å². The number of amidine groups is 1. The number of ether oxygens (including phenoxy) is 1. The van der Waals surface area contributed by atoms with Gasteiger partial charge in [0.2, 0.25) is 17.7 Å². The number of benzene rings is 3. The minimum atomic E-state index is -1.09. The van der Waals surface area contributed by atoms with Crippen molar-refractivity contribution in [2.45, 2.75) is 42.1 Å². The quantitative estimate of drug-likeness (QED) is 0.0386. The summed E-state index contributed by atoms with van der Waals surface area (Å²) >= 11 is 1.32. The number of thioether (sulfide) groups is 1. The van der Waals surface area contributed by atoms with Crippen molar-refractivity contribution in [2.24, 2.45) is 15.7 Å². The zero-order valence-corrected chi connectivity index (χ0v) is 36.4. The van der Waals surface area contributed by atoms with Gasteiger partial charge >= 0.3 is 41.5 Å². The van der Waals surface area contributed by atoms with Crippen molar-refractivity contribution in [3.8, 4) is 11.5 Å². The van der Waals surface area contributed by atoms with Gasteiger partial charge < -0.3 is 37.6 Å². The van der Waals surface area contributed by atoms with Gasteiger partial charge in [-0.1, -0.05) is 78.9 Å². The van der Waals surface area contributed by atoms with E-state index in [-0.39, 0.29) is 54.7 Å². The van der Waals surface area contributed by atoms with Crippen molar-refractivity contribution in [1.82, 2.24) is 20.5 Å². The first-order chi connectivity index (χ1) is 28.9. The number of β-lactam (4-membered cyclic amide) rings is 1. The molecule has 0 spiro atoms. The average molecular weight is 854 g/mol. The molecule has 0 aliphatic carbocycles. The smallest absolute Gasteiger partial charge is 1.00 e. The Balaban J connectivity index is 0.000000323. The summed E-state index contributed by atoms with van der Waals surface area (Å²) in [6, 6.07) is 23.9. The Morgan fingerprint density at radius 2 is 1.54 bits per heavy atom. The molecule has 2 saturated heterocycles. The van der Waals surface area contributed by atoms with Gasteiger partial charge in [0.05, 0.1) is 0 Å². The number of para-hydroxylation sites is 2. The first kappa shape index (κ1) is 47.3.